The second-order valence-corrected chi connectivity index (χ2v) is 33.6. The molecule has 0 unspecified atom stereocenters. The molecule has 13 rings (SSSR count). The number of fused-ring (bicyclic) bond motifs is 5. The number of hydrogen-bond acceptors (Lipinski definition) is 4. The third-order valence-corrected chi connectivity index (χ3v) is 20.5. The Kier molecular flexibility index (Phi) is 15.2. The van der Waals surface area contributed by atoms with Crippen LogP contribution in [0, 0.1) is 6.92 Å². The number of para-hydroxylation sites is 1. The molecule has 10 aromatic rings. The first kappa shape index (κ1) is 63.2. The fraction of sp³-hybridized carbons (Fsp3) is 0.318. The van der Waals surface area contributed by atoms with Gasteiger partial charge >= 0.3 is 0 Å². The maximum absolute atomic E-state index is 2.69. The molecule has 2 aliphatic heterocycles. The van der Waals surface area contributed by atoms with Gasteiger partial charge in [0.25, 0.3) is 6.71 Å². The lowest BCUT2D eigenvalue weighted by atomic mass is 9.33. The van der Waals surface area contributed by atoms with Crippen molar-refractivity contribution in [1.29, 1.82) is 0 Å². The molecule has 0 aromatic heterocycles. The molecule has 0 N–H and O–H groups in total. The lowest BCUT2D eigenvalue weighted by Gasteiger charge is -2.46. The Bertz CT molecular complexity index is 4360. The summed E-state index contributed by atoms with van der Waals surface area (Å²) in [6.45, 7) is 46.8. The van der Waals surface area contributed by atoms with E-state index in [1.54, 1.807) is 0 Å². The van der Waals surface area contributed by atoms with Crippen molar-refractivity contribution < 1.29 is 0 Å². The quantitative estimate of drug-likeness (QED) is 0.134. The summed E-state index contributed by atoms with van der Waals surface area (Å²) in [6, 6.07) is 82.7. The second-order valence-electron chi connectivity index (χ2n) is 33.6. The summed E-state index contributed by atoms with van der Waals surface area (Å²) < 4.78 is 0. The van der Waals surface area contributed by atoms with E-state index >= 15 is 0 Å². The minimum absolute atomic E-state index is 0.00581. The number of nitrogens with zero attached hydrogens (tertiary/aromatic N) is 4. The second kappa shape index (κ2) is 22.3. The minimum Gasteiger partial charge on any atom is -0.311 e. The molecule has 0 saturated carbocycles. The highest BCUT2D eigenvalue weighted by Crippen LogP contribution is 2.55. The van der Waals surface area contributed by atoms with Gasteiger partial charge in [-0.15, -0.1) is 0 Å². The van der Waals surface area contributed by atoms with Gasteiger partial charge in [-0.1, -0.05) is 253 Å². The lowest BCUT2D eigenvalue weighted by molar-refractivity contribution is 0.403. The van der Waals surface area contributed by atoms with Crippen molar-refractivity contribution in [1.82, 2.24) is 0 Å². The van der Waals surface area contributed by atoms with Crippen LogP contribution in [0.2, 0.25) is 0 Å². The van der Waals surface area contributed by atoms with Gasteiger partial charge in [0.1, 0.15) is 0 Å². The Morgan fingerprint density at radius 3 is 1.15 bits per heavy atom. The van der Waals surface area contributed by atoms with Gasteiger partial charge in [-0.3, -0.25) is 0 Å². The highest BCUT2D eigenvalue weighted by atomic mass is 15.2. The van der Waals surface area contributed by atoms with Crippen LogP contribution in [0.5, 0.6) is 0 Å². The Labute approximate surface area is 558 Å². The normalized spacial score (nSPS) is 14.9. The van der Waals surface area contributed by atoms with Crippen molar-refractivity contribution in [3.63, 3.8) is 0 Å². The summed E-state index contributed by atoms with van der Waals surface area (Å²) >= 11 is 0. The molecule has 10 aromatic carbocycles. The smallest absolute Gasteiger partial charge is 0.252 e. The topological polar surface area (TPSA) is 13.0 Å². The number of hydrogen-bond donors (Lipinski definition) is 0. The zero-order valence-electron chi connectivity index (χ0n) is 59.3. The molecule has 2 heterocycles. The van der Waals surface area contributed by atoms with E-state index in [1.165, 1.54) is 83.5 Å². The molecular weight excluding hydrogens is 1120 g/mol. The predicted octanol–water partition coefficient (Wildman–Crippen LogP) is 23.1. The van der Waals surface area contributed by atoms with E-state index in [2.05, 4.69) is 370 Å². The Morgan fingerprint density at radius 1 is 0.323 bits per heavy atom. The maximum Gasteiger partial charge on any atom is 0.252 e. The van der Waals surface area contributed by atoms with Gasteiger partial charge in [0.2, 0.25) is 0 Å². The van der Waals surface area contributed by atoms with Crippen LogP contribution in [0.25, 0.3) is 11.1 Å². The van der Waals surface area contributed by atoms with E-state index in [4.69, 9.17) is 0 Å². The van der Waals surface area contributed by atoms with Crippen molar-refractivity contribution in [3.8, 4) is 11.1 Å². The monoisotopic (exact) mass is 1220 g/mol. The molecule has 1 aliphatic carbocycles. The molecule has 472 valence electrons. The van der Waals surface area contributed by atoms with E-state index in [0.29, 0.717) is 0 Å². The number of anilines is 12. The van der Waals surface area contributed by atoms with E-state index < -0.39 is 0 Å². The Morgan fingerprint density at radius 2 is 0.699 bits per heavy atom. The lowest BCUT2D eigenvalue weighted by Crippen LogP contribution is -2.61. The van der Waals surface area contributed by atoms with Crippen molar-refractivity contribution in [2.75, 3.05) is 19.6 Å². The van der Waals surface area contributed by atoms with Crippen LogP contribution in [0.4, 0.5) is 68.2 Å². The molecule has 0 spiro atoms. The van der Waals surface area contributed by atoms with Crippen molar-refractivity contribution in [3.05, 3.63) is 257 Å². The van der Waals surface area contributed by atoms with Crippen LogP contribution in [0.15, 0.2) is 212 Å². The molecule has 0 atom stereocenters. The predicted molar refractivity (Wildman–Crippen MR) is 404 cm³/mol. The van der Waals surface area contributed by atoms with E-state index in [0.717, 1.165) is 63.2 Å². The van der Waals surface area contributed by atoms with E-state index in [9.17, 15) is 0 Å². The van der Waals surface area contributed by atoms with Crippen LogP contribution in [0.3, 0.4) is 0 Å². The summed E-state index contributed by atoms with van der Waals surface area (Å²) in [4.78, 5) is 10.4. The Balaban J connectivity index is 1.18. The van der Waals surface area contributed by atoms with E-state index in [1.807, 2.05) is 0 Å². The first-order chi connectivity index (χ1) is 43.7. The fourth-order valence-corrected chi connectivity index (χ4v) is 15.5. The van der Waals surface area contributed by atoms with Crippen molar-refractivity contribution in [2.24, 2.45) is 0 Å². The van der Waals surface area contributed by atoms with Gasteiger partial charge in [-0.2, -0.15) is 0 Å². The molecule has 0 radical (unpaired) electrons. The van der Waals surface area contributed by atoms with Gasteiger partial charge in [-0.25, -0.2) is 0 Å². The highest BCUT2D eigenvalue weighted by Gasteiger charge is 2.49. The average Bonchev–Trinajstić information content (AvgIpc) is 1.52. The summed E-state index contributed by atoms with van der Waals surface area (Å²) in [7, 11) is 0. The molecule has 3 aliphatic rings. The number of benzene rings is 10. The van der Waals surface area contributed by atoms with Crippen LogP contribution in [-0.2, 0) is 37.9 Å². The average molecular weight is 1220 g/mol. The minimum atomic E-state index is -0.144. The Hall–Kier alpha value is -8.54. The summed E-state index contributed by atoms with van der Waals surface area (Å²) in [6.07, 6.45) is 1.06. The van der Waals surface area contributed by atoms with Gasteiger partial charge in [0.05, 0.1) is 11.4 Å². The summed E-state index contributed by atoms with van der Waals surface area (Å²) in [5.74, 6) is 0. The molecule has 0 fully saturated rings. The fourth-order valence-electron chi connectivity index (χ4n) is 15.5. The third kappa shape index (κ3) is 11.4. The summed E-state index contributed by atoms with van der Waals surface area (Å²) in [5.41, 5.74) is 30.3. The highest BCUT2D eigenvalue weighted by molar-refractivity contribution is 7.00. The van der Waals surface area contributed by atoms with Gasteiger partial charge in [0.15, 0.2) is 0 Å². The zero-order valence-corrected chi connectivity index (χ0v) is 59.3. The van der Waals surface area contributed by atoms with Crippen molar-refractivity contribution >= 4 is 91.3 Å². The molecule has 4 nitrogen and oxygen atoms in total. The number of aryl methyl sites for hydroxylation is 1. The van der Waals surface area contributed by atoms with Gasteiger partial charge in [-0.05, 0) is 209 Å². The number of rotatable bonds is 9. The zero-order chi connectivity index (χ0) is 66.3. The summed E-state index contributed by atoms with van der Waals surface area (Å²) in [5, 5.41) is 0. The van der Waals surface area contributed by atoms with Crippen molar-refractivity contribution in [2.45, 2.75) is 183 Å². The molecule has 0 amide bonds. The molecule has 93 heavy (non-hydrogen) atoms. The molecule has 0 saturated heterocycles. The van der Waals surface area contributed by atoms with Crippen LogP contribution in [0.1, 0.15) is 182 Å². The third-order valence-electron chi connectivity index (χ3n) is 20.5. The van der Waals surface area contributed by atoms with Gasteiger partial charge in [0, 0.05) is 62.4 Å². The van der Waals surface area contributed by atoms with Crippen LogP contribution in [-0.4, -0.2) is 6.71 Å². The van der Waals surface area contributed by atoms with Gasteiger partial charge < -0.3 is 19.6 Å². The maximum atomic E-state index is 2.69. The van der Waals surface area contributed by atoms with E-state index in [-0.39, 0.29) is 44.6 Å². The molecule has 5 heteroatoms. The van der Waals surface area contributed by atoms with Crippen LogP contribution < -0.4 is 36.0 Å². The standard InChI is InChI=1S/C88H97BN4/c1-57-50-63(86(14,15)16)38-49-75(57)92-78-55-72-71(87(17,18)56-88(72,19)20)54-74(78)89-73-48-47-68(90(64-39-30-59(31-40-64)82(2,3)4)65-41-32-60(33-42-65)83(5,6)7)51-77(73)93(76-29-25-24-28-70(76)58-26-22-21-23-27-58)80-53-69(52-79(92)81(80)89)91(66-43-34-61(35-44-66)84(8,9)10)67-45-36-62(37-46-67)85(11,12)13/h21-55H,56H2,1-20H3. The molecular formula is C88H97BN4. The SMILES string of the molecule is Cc1cc(C(C)(C)C)ccc1N1c2cc3c(cc2B2c4ccc(N(c5ccc(C(C)(C)C)cc5)c5ccc(C(C)(C)C)cc5)cc4N(c4ccccc4-c4ccccc4)c4cc(N(c5ccc(C(C)(C)C)cc5)c5ccc(C(C)(C)C)cc5)cc1c42)C(C)(C)CC3(C)C. The molecule has 0 bridgehead atoms. The first-order valence-electron chi connectivity index (χ1n) is 34.1. The first-order valence-corrected chi connectivity index (χ1v) is 34.1. The largest absolute Gasteiger partial charge is 0.311 e. The van der Waals surface area contributed by atoms with Crippen LogP contribution >= 0.6 is 0 Å².